The SMILES string of the molecule is N#Cc1cccc(Cl)c1N1CCC(C(=O)NCc2cccnc2)CC1. The van der Waals surface area contributed by atoms with E-state index in [1.54, 1.807) is 30.6 Å². The number of hydrogen-bond donors (Lipinski definition) is 1. The van der Waals surface area contributed by atoms with Gasteiger partial charge in [-0.2, -0.15) is 5.26 Å². The van der Waals surface area contributed by atoms with Crippen LogP contribution in [0.2, 0.25) is 5.02 Å². The maximum Gasteiger partial charge on any atom is 0.223 e. The summed E-state index contributed by atoms with van der Waals surface area (Å²) in [6.45, 7) is 1.92. The number of amides is 1. The van der Waals surface area contributed by atoms with E-state index < -0.39 is 0 Å². The molecule has 1 fully saturated rings. The number of nitriles is 1. The Labute approximate surface area is 152 Å². The molecule has 0 bridgehead atoms. The van der Waals surface area contributed by atoms with Gasteiger partial charge >= 0.3 is 0 Å². The summed E-state index contributed by atoms with van der Waals surface area (Å²) in [5.41, 5.74) is 2.34. The number of benzene rings is 1. The third-order valence-corrected chi connectivity index (χ3v) is 4.78. The van der Waals surface area contributed by atoms with Crippen molar-refractivity contribution in [2.75, 3.05) is 18.0 Å². The van der Waals surface area contributed by atoms with Gasteiger partial charge in [-0.3, -0.25) is 9.78 Å². The molecular weight excluding hydrogens is 336 g/mol. The first-order valence-corrected chi connectivity index (χ1v) is 8.67. The van der Waals surface area contributed by atoms with E-state index in [1.165, 1.54) is 0 Å². The Hall–Kier alpha value is -2.58. The molecular formula is C19H19ClN4O. The number of pyridine rings is 1. The predicted octanol–water partition coefficient (Wildman–Crippen LogP) is 3.14. The highest BCUT2D eigenvalue weighted by Gasteiger charge is 2.26. The van der Waals surface area contributed by atoms with Gasteiger partial charge in [0.1, 0.15) is 6.07 Å². The van der Waals surface area contributed by atoms with Crippen LogP contribution >= 0.6 is 11.6 Å². The minimum Gasteiger partial charge on any atom is -0.369 e. The molecule has 0 saturated carbocycles. The molecule has 128 valence electrons. The lowest BCUT2D eigenvalue weighted by molar-refractivity contribution is -0.125. The lowest BCUT2D eigenvalue weighted by atomic mass is 9.95. The third kappa shape index (κ3) is 4.09. The quantitative estimate of drug-likeness (QED) is 0.915. The number of rotatable bonds is 4. The van der Waals surface area contributed by atoms with Crippen molar-refractivity contribution in [3.63, 3.8) is 0 Å². The van der Waals surface area contributed by atoms with Crippen LogP contribution < -0.4 is 10.2 Å². The van der Waals surface area contributed by atoms with Crippen LogP contribution in [0.1, 0.15) is 24.0 Å². The number of carbonyl (C=O) groups excluding carboxylic acids is 1. The van der Waals surface area contributed by atoms with Crippen molar-refractivity contribution >= 4 is 23.2 Å². The molecule has 2 heterocycles. The molecule has 5 nitrogen and oxygen atoms in total. The Bertz CT molecular complexity index is 780. The number of nitrogens with one attached hydrogen (secondary N) is 1. The largest absolute Gasteiger partial charge is 0.369 e. The molecule has 0 atom stereocenters. The van der Waals surface area contributed by atoms with Gasteiger partial charge in [0.05, 0.1) is 16.3 Å². The van der Waals surface area contributed by atoms with Gasteiger partial charge in [-0.25, -0.2) is 0 Å². The van der Waals surface area contributed by atoms with E-state index in [0.29, 0.717) is 30.2 Å². The predicted molar refractivity (Wildman–Crippen MR) is 97.2 cm³/mol. The van der Waals surface area contributed by atoms with E-state index in [-0.39, 0.29) is 11.8 Å². The number of nitrogens with zero attached hydrogens (tertiary/aromatic N) is 3. The second kappa shape index (κ2) is 8.00. The minimum atomic E-state index is -0.0130. The zero-order valence-electron chi connectivity index (χ0n) is 13.8. The van der Waals surface area contributed by atoms with Crippen LogP contribution in [0.5, 0.6) is 0 Å². The van der Waals surface area contributed by atoms with Gasteiger partial charge in [-0.05, 0) is 36.6 Å². The van der Waals surface area contributed by atoms with Crippen LogP contribution in [0.15, 0.2) is 42.7 Å². The molecule has 25 heavy (non-hydrogen) atoms. The Balaban J connectivity index is 1.57. The van der Waals surface area contributed by atoms with Crippen LogP contribution in [0.3, 0.4) is 0 Å². The Kier molecular flexibility index (Phi) is 5.52. The lowest BCUT2D eigenvalue weighted by Gasteiger charge is -2.34. The Morgan fingerprint density at radius 1 is 1.32 bits per heavy atom. The summed E-state index contributed by atoms with van der Waals surface area (Å²) >= 11 is 6.28. The fraction of sp³-hybridized carbons (Fsp3) is 0.316. The number of halogens is 1. The topological polar surface area (TPSA) is 69.0 Å². The molecule has 1 aromatic heterocycles. The van der Waals surface area contributed by atoms with Gasteiger partial charge in [-0.15, -0.1) is 0 Å². The molecule has 1 aliphatic heterocycles. The van der Waals surface area contributed by atoms with E-state index >= 15 is 0 Å². The summed E-state index contributed by atoms with van der Waals surface area (Å²) < 4.78 is 0. The highest BCUT2D eigenvalue weighted by atomic mass is 35.5. The minimum absolute atomic E-state index is 0.0130. The number of anilines is 1. The third-order valence-electron chi connectivity index (χ3n) is 4.48. The number of hydrogen-bond acceptors (Lipinski definition) is 4. The van der Waals surface area contributed by atoms with Crippen molar-refractivity contribution in [3.05, 3.63) is 58.9 Å². The summed E-state index contributed by atoms with van der Waals surface area (Å²) in [5, 5.41) is 12.9. The number of carbonyl (C=O) groups is 1. The van der Waals surface area contributed by atoms with E-state index in [4.69, 9.17) is 11.6 Å². The van der Waals surface area contributed by atoms with Crippen molar-refractivity contribution in [3.8, 4) is 6.07 Å². The second-order valence-corrected chi connectivity index (χ2v) is 6.50. The monoisotopic (exact) mass is 354 g/mol. The lowest BCUT2D eigenvalue weighted by Crippen LogP contribution is -2.40. The summed E-state index contributed by atoms with van der Waals surface area (Å²) in [6, 6.07) is 11.3. The fourth-order valence-electron chi connectivity index (χ4n) is 3.13. The van der Waals surface area contributed by atoms with Gasteiger partial charge in [0, 0.05) is 37.9 Å². The van der Waals surface area contributed by atoms with Crippen molar-refractivity contribution in [2.45, 2.75) is 19.4 Å². The van der Waals surface area contributed by atoms with E-state index in [0.717, 1.165) is 24.1 Å². The second-order valence-electron chi connectivity index (χ2n) is 6.09. The normalized spacial score (nSPS) is 14.8. The first-order chi connectivity index (χ1) is 12.2. The summed E-state index contributed by atoms with van der Waals surface area (Å²) in [5.74, 6) is 0.0594. The number of para-hydroxylation sites is 1. The van der Waals surface area contributed by atoms with Gasteiger partial charge < -0.3 is 10.2 Å². The molecule has 0 aliphatic carbocycles. The van der Waals surface area contributed by atoms with E-state index in [9.17, 15) is 10.1 Å². The van der Waals surface area contributed by atoms with Gasteiger partial charge in [0.15, 0.2) is 0 Å². The van der Waals surface area contributed by atoms with Crippen LogP contribution in [0.4, 0.5) is 5.69 Å². The van der Waals surface area contributed by atoms with Crippen molar-refractivity contribution in [1.82, 2.24) is 10.3 Å². The first-order valence-electron chi connectivity index (χ1n) is 8.29. The molecule has 0 radical (unpaired) electrons. The molecule has 1 amide bonds. The van der Waals surface area contributed by atoms with Crippen LogP contribution in [0, 0.1) is 17.2 Å². The number of aromatic nitrogens is 1. The Morgan fingerprint density at radius 2 is 2.12 bits per heavy atom. The molecule has 0 spiro atoms. The summed E-state index contributed by atoms with van der Waals surface area (Å²) in [6.07, 6.45) is 4.96. The van der Waals surface area contributed by atoms with Gasteiger partial charge in [0.25, 0.3) is 0 Å². The van der Waals surface area contributed by atoms with Crippen LogP contribution in [0.25, 0.3) is 0 Å². The smallest absolute Gasteiger partial charge is 0.223 e. The van der Waals surface area contributed by atoms with E-state index in [2.05, 4.69) is 21.3 Å². The molecule has 3 rings (SSSR count). The molecule has 1 saturated heterocycles. The molecule has 1 aromatic carbocycles. The van der Waals surface area contributed by atoms with Crippen molar-refractivity contribution < 1.29 is 4.79 Å². The molecule has 1 N–H and O–H groups in total. The summed E-state index contributed by atoms with van der Waals surface area (Å²) in [4.78, 5) is 18.5. The van der Waals surface area contributed by atoms with E-state index in [1.807, 2.05) is 12.1 Å². The van der Waals surface area contributed by atoms with Crippen molar-refractivity contribution in [1.29, 1.82) is 5.26 Å². The highest BCUT2D eigenvalue weighted by Crippen LogP contribution is 2.32. The van der Waals surface area contributed by atoms with Crippen LogP contribution in [-0.4, -0.2) is 24.0 Å². The highest BCUT2D eigenvalue weighted by molar-refractivity contribution is 6.33. The number of piperidine rings is 1. The molecule has 0 unspecified atom stereocenters. The van der Waals surface area contributed by atoms with Gasteiger partial charge in [-0.1, -0.05) is 23.7 Å². The molecule has 6 heteroatoms. The van der Waals surface area contributed by atoms with Gasteiger partial charge in [0.2, 0.25) is 5.91 Å². The molecule has 1 aliphatic rings. The zero-order chi connectivity index (χ0) is 17.6. The zero-order valence-corrected chi connectivity index (χ0v) is 14.5. The fourth-order valence-corrected chi connectivity index (χ4v) is 3.42. The maximum absolute atomic E-state index is 12.4. The van der Waals surface area contributed by atoms with Crippen molar-refractivity contribution in [2.24, 2.45) is 5.92 Å². The standard InChI is InChI=1S/C19H19ClN4O/c20-17-5-1-4-16(11-21)18(17)24-9-6-15(7-10-24)19(25)23-13-14-3-2-8-22-12-14/h1-5,8,12,15H,6-7,9-10,13H2,(H,23,25). The average molecular weight is 355 g/mol. The maximum atomic E-state index is 12.4. The first kappa shape index (κ1) is 17.2. The Morgan fingerprint density at radius 3 is 2.80 bits per heavy atom. The average Bonchev–Trinajstić information content (AvgIpc) is 2.67. The molecule has 2 aromatic rings. The van der Waals surface area contributed by atoms with Crippen LogP contribution in [-0.2, 0) is 11.3 Å². The summed E-state index contributed by atoms with van der Waals surface area (Å²) in [7, 11) is 0.